The zero-order chi connectivity index (χ0) is 16.6. The van der Waals surface area contributed by atoms with Crippen molar-refractivity contribution in [2.45, 2.75) is 54.4 Å². The molecule has 0 heterocycles. The Morgan fingerprint density at radius 1 is 0.773 bits per heavy atom. The molecule has 2 aliphatic rings. The van der Waals surface area contributed by atoms with Gasteiger partial charge in [-0.15, -0.1) is 51.5 Å². The Kier molecular flexibility index (Phi) is 41.1. The van der Waals surface area contributed by atoms with E-state index in [1.54, 1.807) is 37.2 Å². The molecule has 0 aromatic rings. The minimum absolute atomic E-state index is 0. The summed E-state index contributed by atoms with van der Waals surface area (Å²) in [4.78, 5) is 0. The van der Waals surface area contributed by atoms with Crippen molar-refractivity contribution < 1.29 is 23.3 Å². The molecule has 0 aromatic heterocycles. The molecule has 0 amide bonds. The molecule has 0 N–H and O–H groups in total. The Morgan fingerprint density at radius 3 is 1.05 bits per heavy atom. The first-order valence-electron chi connectivity index (χ1n) is 6.87. The molecule has 2 rings (SSSR count). The molecule has 0 spiro atoms. The molecule has 22 heavy (non-hydrogen) atoms. The summed E-state index contributed by atoms with van der Waals surface area (Å²) in [5.74, 6) is 0. The van der Waals surface area contributed by atoms with E-state index in [1.165, 1.54) is 22.3 Å². The molecule has 0 bridgehead atoms. The topological polar surface area (TPSA) is 0 Å². The molecule has 0 fully saturated rings. The summed E-state index contributed by atoms with van der Waals surface area (Å²) >= 11 is 1.58. The third-order valence-corrected chi connectivity index (χ3v) is 2.73. The van der Waals surface area contributed by atoms with Crippen LogP contribution in [0.3, 0.4) is 0 Å². The molecule has 0 unspecified atom stereocenters. The standard InChI is InChI=1S/2C7H9.2C2H5.2ClH.H2Si.Zr/c2*1-6-4-3-5-7(6)2;2*1-2;;;;/h2*4H,3H2,1-2H3;2*1H2,2H3;2*1H;1H2;/q4*-1;;;;. The van der Waals surface area contributed by atoms with E-state index in [1.807, 2.05) is 6.88 Å². The Labute approximate surface area is 169 Å². The number of allylic oxidation sites excluding steroid dienone is 8. The normalized spacial score (nSPS) is 12.9. The zero-order valence-corrected chi connectivity index (χ0v) is 20.5. The second kappa shape index (κ2) is 26.5. The van der Waals surface area contributed by atoms with E-state index in [9.17, 15) is 0 Å². The van der Waals surface area contributed by atoms with Gasteiger partial charge in [0.2, 0.25) is 0 Å². The van der Waals surface area contributed by atoms with Gasteiger partial charge in [0.1, 0.15) is 0 Å². The van der Waals surface area contributed by atoms with E-state index in [0.29, 0.717) is 0 Å². The van der Waals surface area contributed by atoms with Crippen molar-refractivity contribution in [1.82, 2.24) is 0 Å². The summed E-state index contributed by atoms with van der Waals surface area (Å²) in [5.41, 5.74) is 5.42. The van der Waals surface area contributed by atoms with Gasteiger partial charge in [-0.1, -0.05) is 13.8 Å². The van der Waals surface area contributed by atoms with Crippen LogP contribution in [0, 0.1) is 26.0 Å². The zero-order valence-electron chi connectivity index (χ0n) is 15.0. The molecule has 0 radical (unpaired) electrons. The molecule has 2 aliphatic carbocycles. The summed E-state index contributed by atoms with van der Waals surface area (Å²) in [6.45, 7) is 20.4. The first-order chi connectivity index (χ1) is 9.61. The monoisotopic (exact) mass is 436 g/mol. The maximum atomic E-state index is 3.25. The van der Waals surface area contributed by atoms with Gasteiger partial charge < -0.3 is 13.8 Å². The molecule has 130 valence electrons. The summed E-state index contributed by atoms with van der Waals surface area (Å²) in [6.07, 6.45) is 12.8. The van der Waals surface area contributed by atoms with Crippen molar-refractivity contribution in [2.75, 3.05) is 0 Å². The molecule has 0 atom stereocenters. The van der Waals surface area contributed by atoms with Crippen LogP contribution in [0.1, 0.15) is 54.4 Å². The molecule has 0 saturated heterocycles. The van der Waals surface area contributed by atoms with Gasteiger partial charge >= 0.3 is 30.2 Å². The maximum absolute atomic E-state index is 3.25. The van der Waals surface area contributed by atoms with E-state index in [2.05, 4.69) is 65.8 Å². The van der Waals surface area contributed by atoms with Crippen LogP contribution in [-0.4, -0.2) is 6.88 Å². The van der Waals surface area contributed by atoms with Crippen molar-refractivity contribution in [2.24, 2.45) is 0 Å². The fraction of sp³-hybridized carbons (Fsp3) is 0.444. The minimum atomic E-state index is 0. The molecule has 4 heteroatoms. The number of halogens is 2. The van der Waals surface area contributed by atoms with Crippen LogP contribution in [0.25, 0.3) is 0 Å². The van der Waals surface area contributed by atoms with Crippen LogP contribution >= 0.6 is 24.8 Å². The van der Waals surface area contributed by atoms with E-state index in [-0.39, 0.29) is 24.8 Å². The molecular formula is C18H32Cl2SiZr-4. The van der Waals surface area contributed by atoms with E-state index in [0.717, 1.165) is 12.8 Å². The number of rotatable bonds is 0. The predicted molar refractivity (Wildman–Crippen MR) is 107 cm³/mol. The van der Waals surface area contributed by atoms with Crippen LogP contribution in [0.4, 0.5) is 0 Å². The quantitative estimate of drug-likeness (QED) is 0.332. The van der Waals surface area contributed by atoms with Crippen LogP contribution in [0.5, 0.6) is 0 Å². The third-order valence-electron chi connectivity index (χ3n) is 2.73. The van der Waals surface area contributed by atoms with Gasteiger partial charge in [0.25, 0.3) is 0 Å². The van der Waals surface area contributed by atoms with Crippen molar-refractivity contribution in [3.05, 3.63) is 60.4 Å². The van der Waals surface area contributed by atoms with E-state index < -0.39 is 0 Å². The Balaban J connectivity index is -0.0000000614. The Bertz CT molecular complexity index is 290. The average molecular weight is 439 g/mol. The molecule has 0 aromatic carbocycles. The molecular weight excluding hydrogens is 406 g/mol. The Morgan fingerprint density at radius 2 is 1.00 bits per heavy atom. The first kappa shape index (κ1) is 34.1. The van der Waals surface area contributed by atoms with Gasteiger partial charge in [-0.05, 0) is 0 Å². The number of hydrogen-bond acceptors (Lipinski definition) is 0. The van der Waals surface area contributed by atoms with E-state index >= 15 is 0 Å². The van der Waals surface area contributed by atoms with Gasteiger partial charge in [0, 0.05) is 0 Å². The van der Waals surface area contributed by atoms with Gasteiger partial charge in [0.15, 0.2) is 0 Å². The van der Waals surface area contributed by atoms with Crippen molar-refractivity contribution in [3.8, 4) is 0 Å². The number of hydrogen-bond donors (Lipinski definition) is 0. The van der Waals surface area contributed by atoms with Crippen molar-refractivity contribution >= 4 is 31.7 Å². The molecule has 0 saturated carbocycles. The van der Waals surface area contributed by atoms with Gasteiger partial charge in [-0.2, -0.15) is 26.0 Å². The van der Waals surface area contributed by atoms with Crippen molar-refractivity contribution in [3.63, 3.8) is 0 Å². The van der Waals surface area contributed by atoms with Crippen LogP contribution < -0.4 is 0 Å². The fourth-order valence-corrected chi connectivity index (χ4v) is 1.30. The van der Waals surface area contributed by atoms with Gasteiger partial charge in [-0.25, -0.2) is 22.3 Å². The fourth-order valence-electron chi connectivity index (χ4n) is 1.30. The summed E-state index contributed by atoms with van der Waals surface area (Å²) < 4.78 is 0. The second-order valence-corrected chi connectivity index (χ2v) is 3.79. The first-order valence-corrected chi connectivity index (χ1v) is 12.8. The van der Waals surface area contributed by atoms with Crippen LogP contribution in [0.2, 0.25) is 0 Å². The predicted octanol–water partition coefficient (Wildman–Crippen LogP) is 5.78. The van der Waals surface area contributed by atoms with Gasteiger partial charge in [0.05, 0.1) is 0 Å². The average Bonchev–Trinajstić information content (AvgIpc) is 3.07. The molecule has 0 nitrogen and oxygen atoms in total. The second-order valence-electron chi connectivity index (χ2n) is 3.79. The van der Waals surface area contributed by atoms with Crippen LogP contribution in [-0.2, 0) is 23.3 Å². The Hall–Kier alpha value is 0.640. The van der Waals surface area contributed by atoms with Crippen molar-refractivity contribution in [1.29, 1.82) is 0 Å². The summed E-state index contributed by atoms with van der Waals surface area (Å²) in [5, 5.41) is 0. The van der Waals surface area contributed by atoms with E-state index in [4.69, 9.17) is 0 Å². The summed E-state index contributed by atoms with van der Waals surface area (Å²) in [7, 11) is 0. The van der Waals surface area contributed by atoms with Gasteiger partial charge in [-0.3, -0.25) is 12.2 Å². The molecule has 0 aliphatic heterocycles. The SMILES string of the molecule is CC1=[C-]CC=C1C.CC1=[C-]CC=C1C.Cl.Cl.[CH2-]C.[CH2-]C.[SiH2]=[Zr]. The third kappa shape index (κ3) is 18.7. The summed E-state index contributed by atoms with van der Waals surface area (Å²) in [6, 6.07) is 0. The van der Waals surface area contributed by atoms with Crippen LogP contribution in [0.15, 0.2) is 34.4 Å².